The average molecular weight is 422 g/mol. The van der Waals surface area contributed by atoms with Crippen molar-refractivity contribution < 1.29 is 22.4 Å². The van der Waals surface area contributed by atoms with Gasteiger partial charge in [-0.05, 0) is 56.2 Å². The normalized spacial score (nSPS) is 11.7. The third-order valence-electron chi connectivity index (χ3n) is 4.30. The molecule has 3 aromatic rings. The number of esters is 1. The first-order valence-corrected chi connectivity index (χ1v) is 10.6. The molecule has 8 heteroatoms. The molecule has 148 valence electrons. The van der Waals surface area contributed by atoms with Crippen molar-refractivity contribution in [2.24, 2.45) is 0 Å². The summed E-state index contributed by atoms with van der Waals surface area (Å²) in [7, 11) is -3.70. The molecule has 28 heavy (non-hydrogen) atoms. The minimum Gasteiger partial charge on any atom is -0.460 e. The molecule has 0 unspecified atom stereocenters. The predicted octanol–water partition coefficient (Wildman–Crippen LogP) is 4.09. The molecular weight excluding hydrogens is 402 g/mol. The number of halogens is 1. The summed E-state index contributed by atoms with van der Waals surface area (Å²) in [4.78, 5) is 12.1. The van der Waals surface area contributed by atoms with E-state index in [0.29, 0.717) is 28.0 Å². The summed E-state index contributed by atoms with van der Waals surface area (Å²) >= 11 is 5.85. The van der Waals surface area contributed by atoms with Crippen LogP contribution in [0, 0.1) is 6.92 Å². The van der Waals surface area contributed by atoms with Gasteiger partial charge in [0.05, 0.1) is 11.5 Å². The van der Waals surface area contributed by atoms with Crippen LogP contribution in [0.25, 0.3) is 11.0 Å². The third-order valence-corrected chi connectivity index (χ3v) is 6.01. The molecule has 0 saturated carbocycles. The van der Waals surface area contributed by atoms with Gasteiger partial charge in [0.1, 0.15) is 5.58 Å². The maximum atomic E-state index is 12.6. The molecule has 6 nitrogen and oxygen atoms in total. The molecule has 0 saturated heterocycles. The zero-order valence-corrected chi connectivity index (χ0v) is 17.1. The highest BCUT2D eigenvalue weighted by Crippen LogP contribution is 2.28. The number of sulfonamides is 1. The second-order valence-electron chi connectivity index (χ2n) is 6.21. The van der Waals surface area contributed by atoms with E-state index in [9.17, 15) is 13.2 Å². The molecule has 0 radical (unpaired) electrons. The predicted molar refractivity (Wildman–Crippen MR) is 107 cm³/mol. The van der Waals surface area contributed by atoms with Gasteiger partial charge in [-0.3, -0.25) is 0 Å². The van der Waals surface area contributed by atoms with Gasteiger partial charge in [-0.1, -0.05) is 23.7 Å². The minimum absolute atomic E-state index is 0.0853. The van der Waals surface area contributed by atoms with E-state index in [-0.39, 0.29) is 23.8 Å². The Hall–Kier alpha value is -2.35. The van der Waals surface area contributed by atoms with Crippen LogP contribution < -0.4 is 4.72 Å². The molecule has 2 aromatic carbocycles. The average Bonchev–Trinajstić information content (AvgIpc) is 3.00. The molecule has 0 fully saturated rings. The molecule has 0 aliphatic rings. The zero-order valence-electron chi connectivity index (χ0n) is 15.5. The van der Waals surface area contributed by atoms with Crippen LogP contribution in [0.1, 0.15) is 28.6 Å². The zero-order chi connectivity index (χ0) is 20.3. The summed E-state index contributed by atoms with van der Waals surface area (Å²) in [5.41, 5.74) is 1.96. The molecule has 1 heterocycles. The van der Waals surface area contributed by atoms with Crippen molar-refractivity contribution in [3.63, 3.8) is 0 Å². The summed E-state index contributed by atoms with van der Waals surface area (Å²) in [5, 5.41) is 1.19. The first-order valence-electron chi connectivity index (χ1n) is 8.76. The molecule has 3 rings (SSSR count). The van der Waals surface area contributed by atoms with Crippen LogP contribution in [0.15, 0.2) is 51.8 Å². The van der Waals surface area contributed by atoms with Gasteiger partial charge in [-0.15, -0.1) is 0 Å². The number of benzene rings is 2. The number of carbonyl (C=O) groups is 1. The van der Waals surface area contributed by atoms with Crippen molar-refractivity contribution in [1.82, 2.24) is 4.72 Å². The van der Waals surface area contributed by atoms with E-state index in [4.69, 9.17) is 20.8 Å². The van der Waals surface area contributed by atoms with E-state index in [1.807, 2.05) is 12.1 Å². The molecule has 0 bridgehead atoms. The maximum Gasteiger partial charge on any atom is 0.374 e. The first kappa shape index (κ1) is 20.4. The van der Waals surface area contributed by atoms with E-state index in [1.165, 1.54) is 12.1 Å². The molecule has 0 amide bonds. The van der Waals surface area contributed by atoms with Gasteiger partial charge < -0.3 is 9.15 Å². The lowest BCUT2D eigenvalue weighted by Gasteiger charge is -2.07. The van der Waals surface area contributed by atoms with Gasteiger partial charge in [-0.2, -0.15) is 0 Å². The highest BCUT2D eigenvalue weighted by atomic mass is 35.5. The van der Waals surface area contributed by atoms with E-state index < -0.39 is 16.0 Å². The topological polar surface area (TPSA) is 85.6 Å². The summed E-state index contributed by atoms with van der Waals surface area (Å²) < 4.78 is 38.3. The van der Waals surface area contributed by atoms with Gasteiger partial charge in [0.25, 0.3) is 0 Å². The molecular formula is C20H20ClNO5S. The number of carbonyl (C=O) groups excluding carboxylic acids is 1. The minimum atomic E-state index is -3.70. The van der Waals surface area contributed by atoms with Crippen molar-refractivity contribution >= 4 is 38.6 Å². The Morgan fingerprint density at radius 2 is 1.89 bits per heavy atom. The highest BCUT2D eigenvalue weighted by molar-refractivity contribution is 7.89. The van der Waals surface area contributed by atoms with Gasteiger partial charge >= 0.3 is 5.97 Å². The number of furan rings is 1. The van der Waals surface area contributed by atoms with Crippen molar-refractivity contribution in [2.75, 3.05) is 13.2 Å². The van der Waals surface area contributed by atoms with Gasteiger partial charge in [-0.25, -0.2) is 17.9 Å². The Morgan fingerprint density at radius 1 is 1.18 bits per heavy atom. The standard InChI is InChI=1S/C20H20ClNO5S/c1-3-26-20(23)19-13(2)17-12-16(8-9-18(17)27-19)28(24,25)22-11-10-14-4-6-15(21)7-5-14/h4-9,12,22H,3,10-11H2,1-2H3. The van der Waals surface area contributed by atoms with Crippen LogP contribution in [0.2, 0.25) is 5.02 Å². The van der Waals surface area contributed by atoms with Gasteiger partial charge in [0.2, 0.25) is 15.8 Å². The van der Waals surface area contributed by atoms with E-state index in [2.05, 4.69) is 4.72 Å². The highest BCUT2D eigenvalue weighted by Gasteiger charge is 2.21. The lowest BCUT2D eigenvalue weighted by molar-refractivity contribution is 0.0491. The molecule has 1 aromatic heterocycles. The third kappa shape index (κ3) is 4.38. The number of hydrogen-bond acceptors (Lipinski definition) is 5. The number of ether oxygens (including phenoxy) is 1. The van der Waals surface area contributed by atoms with Crippen molar-refractivity contribution in [3.8, 4) is 0 Å². The van der Waals surface area contributed by atoms with Crippen LogP contribution in [0.5, 0.6) is 0 Å². The van der Waals surface area contributed by atoms with Crippen molar-refractivity contribution in [1.29, 1.82) is 0 Å². The summed E-state index contributed by atoms with van der Waals surface area (Å²) in [6.45, 7) is 3.88. The molecule has 0 spiro atoms. The van der Waals surface area contributed by atoms with Gasteiger partial charge in [0, 0.05) is 22.5 Å². The molecule has 0 atom stereocenters. The largest absolute Gasteiger partial charge is 0.460 e. The Balaban J connectivity index is 1.78. The van der Waals surface area contributed by atoms with Crippen molar-refractivity contribution in [2.45, 2.75) is 25.2 Å². The SMILES string of the molecule is CCOC(=O)c1oc2ccc(S(=O)(=O)NCCc3ccc(Cl)cc3)cc2c1C. The number of rotatable bonds is 7. The smallest absolute Gasteiger partial charge is 0.374 e. The van der Waals surface area contributed by atoms with Crippen LogP contribution in [-0.4, -0.2) is 27.5 Å². The van der Waals surface area contributed by atoms with Crippen LogP contribution in [-0.2, 0) is 21.2 Å². The molecule has 0 aliphatic heterocycles. The second-order valence-corrected chi connectivity index (χ2v) is 8.41. The lowest BCUT2D eigenvalue weighted by atomic mass is 10.1. The Labute approximate surface area is 168 Å². The van der Waals surface area contributed by atoms with E-state index >= 15 is 0 Å². The number of nitrogens with one attached hydrogen (secondary N) is 1. The summed E-state index contributed by atoms with van der Waals surface area (Å²) in [5.74, 6) is -0.483. The van der Waals surface area contributed by atoms with E-state index in [0.717, 1.165) is 5.56 Å². The quantitative estimate of drug-likeness (QED) is 0.580. The fourth-order valence-electron chi connectivity index (χ4n) is 2.82. The monoisotopic (exact) mass is 421 g/mol. The number of aryl methyl sites for hydroxylation is 1. The fraction of sp³-hybridized carbons (Fsp3) is 0.250. The van der Waals surface area contributed by atoms with Crippen LogP contribution in [0.4, 0.5) is 0 Å². The Kier molecular flexibility index (Phi) is 6.07. The summed E-state index contributed by atoms with van der Waals surface area (Å²) in [6, 6.07) is 11.7. The lowest BCUT2D eigenvalue weighted by Crippen LogP contribution is -2.25. The maximum absolute atomic E-state index is 12.6. The molecule has 1 N–H and O–H groups in total. The van der Waals surface area contributed by atoms with E-state index in [1.54, 1.807) is 32.0 Å². The van der Waals surface area contributed by atoms with Crippen LogP contribution in [0.3, 0.4) is 0 Å². The van der Waals surface area contributed by atoms with Crippen LogP contribution >= 0.6 is 11.6 Å². The van der Waals surface area contributed by atoms with Gasteiger partial charge in [0.15, 0.2) is 0 Å². The Morgan fingerprint density at radius 3 is 2.57 bits per heavy atom. The summed E-state index contributed by atoms with van der Waals surface area (Å²) in [6.07, 6.45) is 0.538. The Bertz CT molecular complexity index is 1100. The molecule has 0 aliphatic carbocycles. The number of fused-ring (bicyclic) bond motifs is 1. The second kappa shape index (κ2) is 8.34. The van der Waals surface area contributed by atoms with Crippen molar-refractivity contribution in [3.05, 3.63) is 64.4 Å². The number of hydrogen-bond donors (Lipinski definition) is 1. The fourth-order valence-corrected chi connectivity index (χ4v) is 4.01. The first-order chi connectivity index (χ1) is 13.3.